The second kappa shape index (κ2) is 7.64. The van der Waals surface area contributed by atoms with Gasteiger partial charge >= 0.3 is 0 Å². The molecule has 1 N–H and O–H groups in total. The van der Waals surface area contributed by atoms with Crippen LogP contribution in [-0.4, -0.2) is 21.9 Å². The van der Waals surface area contributed by atoms with Crippen LogP contribution >= 0.6 is 22.6 Å². The van der Waals surface area contributed by atoms with Crippen molar-refractivity contribution >= 4 is 28.4 Å². The number of nitrogens with one attached hydrogen (secondary N) is 1. The lowest BCUT2D eigenvalue weighted by atomic mass is 10.1. The van der Waals surface area contributed by atoms with Gasteiger partial charge in [0.25, 0.3) is 0 Å². The summed E-state index contributed by atoms with van der Waals surface area (Å²) < 4.78 is 8.20. The molecule has 0 bridgehead atoms. The molecule has 0 unspecified atom stereocenters. The number of Topliss-reactive ketones (excluding diaryl/α,β-unsaturated/α-hetero) is 1. The van der Waals surface area contributed by atoms with Crippen LogP contribution in [0.15, 0.2) is 30.5 Å². The molecule has 0 aliphatic carbocycles. The molecule has 6 heteroatoms. The quantitative estimate of drug-likeness (QED) is 0.587. The summed E-state index contributed by atoms with van der Waals surface area (Å²) in [7, 11) is 0. The fourth-order valence-corrected chi connectivity index (χ4v) is 2.36. The summed E-state index contributed by atoms with van der Waals surface area (Å²) in [6.07, 6.45) is 1.78. The Labute approximate surface area is 143 Å². The number of ketones is 1. The van der Waals surface area contributed by atoms with Gasteiger partial charge in [-0.25, -0.2) is 4.98 Å². The number of ether oxygens (including phenoxy) is 1. The van der Waals surface area contributed by atoms with E-state index < -0.39 is 0 Å². The Kier molecular flexibility index (Phi) is 5.84. The van der Waals surface area contributed by atoms with E-state index in [1.54, 1.807) is 17.7 Å². The Bertz CT molecular complexity index is 723. The molecule has 22 heavy (non-hydrogen) atoms. The van der Waals surface area contributed by atoms with Crippen LogP contribution in [0, 0.1) is 15.9 Å². The number of hydrogen-bond donors (Lipinski definition) is 1. The number of aryl methyl sites for hydroxylation is 1. The highest BCUT2D eigenvalue weighted by molar-refractivity contribution is 14.1. The maximum Gasteiger partial charge on any atom is 0.182 e. The fourth-order valence-electron chi connectivity index (χ4n) is 2.00. The first-order chi connectivity index (χ1) is 10.5. The number of halogens is 1. The average Bonchev–Trinajstić information content (AvgIpc) is 2.49. The minimum atomic E-state index is 0.0198. The molecule has 1 heterocycles. The summed E-state index contributed by atoms with van der Waals surface area (Å²) >= 11 is 2.21. The third-order valence-corrected chi connectivity index (χ3v) is 3.97. The molecule has 2 aromatic rings. The molecule has 116 valence electrons. The lowest BCUT2D eigenvalue weighted by molar-refractivity contribution is 0.0969. The van der Waals surface area contributed by atoms with Gasteiger partial charge in [-0.15, -0.1) is 0 Å². The molecule has 0 aliphatic rings. The first-order valence-electron chi connectivity index (χ1n) is 6.99. The molecule has 0 aliphatic heterocycles. The second-order valence-corrected chi connectivity index (χ2v) is 6.10. The summed E-state index contributed by atoms with van der Waals surface area (Å²) in [4.78, 5) is 16.5. The lowest BCUT2D eigenvalue weighted by Crippen LogP contribution is -2.23. The number of aromatic nitrogens is 2. The van der Waals surface area contributed by atoms with Crippen LogP contribution < -0.4 is 5.49 Å². The smallest absolute Gasteiger partial charge is 0.182 e. The maximum absolute atomic E-state index is 12.4. The van der Waals surface area contributed by atoms with E-state index in [0.717, 1.165) is 3.57 Å². The van der Waals surface area contributed by atoms with Crippen LogP contribution in [0.4, 0.5) is 0 Å². The van der Waals surface area contributed by atoms with Gasteiger partial charge in [-0.3, -0.25) is 10.2 Å². The number of carbonyl (C=O) groups is 1. The van der Waals surface area contributed by atoms with E-state index in [2.05, 4.69) is 27.6 Å². The molecule has 0 saturated carbocycles. The Balaban J connectivity index is 2.23. The molecule has 2 rings (SSSR count). The summed E-state index contributed by atoms with van der Waals surface area (Å²) in [5, 5.41) is 7.87. The van der Waals surface area contributed by atoms with E-state index in [1.807, 2.05) is 31.2 Å². The third-order valence-electron chi connectivity index (χ3n) is 3.25. The Hall–Kier alpha value is -1.54. The van der Waals surface area contributed by atoms with Gasteiger partial charge in [-0.1, -0.05) is 12.1 Å². The van der Waals surface area contributed by atoms with Gasteiger partial charge in [0.2, 0.25) is 0 Å². The van der Waals surface area contributed by atoms with E-state index in [-0.39, 0.29) is 17.8 Å². The number of hydrogen-bond acceptors (Lipinski definition) is 4. The highest BCUT2D eigenvalue weighted by atomic mass is 127. The van der Waals surface area contributed by atoms with Gasteiger partial charge in [0, 0.05) is 27.5 Å². The van der Waals surface area contributed by atoms with E-state index in [1.165, 1.54) is 0 Å². The number of carbonyl (C=O) groups excluding carboxylic acids is 1. The topological polar surface area (TPSA) is 68.0 Å². The zero-order valence-corrected chi connectivity index (χ0v) is 14.8. The minimum absolute atomic E-state index is 0.0198. The molecular weight excluding hydrogens is 393 g/mol. The summed E-state index contributed by atoms with van der Waals surface area (Å²) in [5.74, 6) is 0.663. The molecule has 1 aromatic carbocycles. The van der Waals surface area contributed by atoms with Crippen molar-refractivity contribution in [1.82, 2.24) is 9.55 Å². The molecule has 0 atom stereocenters. The van der Waals surface area contributed by atoms with Crippen LogP contribution in [0.3, 0.4) is 0 Å². The van der Waals surface area contributed by atoms with Gasteiger partial charge in [-0.2, -0.15) is 0 Å². The zero-order chi connectivity index (χ0) is 16.1. The van der Waals surface area contributed by atoms with Gasteiger partial charge < -0.3 is 9.30 Å². The Morgan fingerprint density at radius 2 is 2.05 bits per heavy atom. The Morgan fingerprint density at radius 3 is 2.68 bits per heavy atom. The van der Waals surface area contributed by atoms with E-state index >= 15 is 0 Å². The van der Waals surface area contributed by atoms with Gasteiger partial charge in [0.05, 0.1) is 13.2 Å². The van der Waals surface area contributed by atoms with Crippen molar-refractivity contribution in [3.8, 4) is 0 Å². The highest BCUT2D eigenvalue weighted by Crippen LogP contribution is 2.09. The first kappa shape index (κ1) is 16.8. The molecule has 0 radical (unpaired) electrons. The Morgan fingerprint density at radius 1 is 1.36 bits per heavy atom. The van der Waals surface area contributed by atoms with Gasteiger partial charge in [0.1, 0.15) is 5.82 Å². The predicted molar refractivity (Wildman–Crippen MR) is 91.6 cm³/mol. The molecule has 0 fully saturated rings. The largest absolute Gasteiger partial charge is 0.377 e. The standard InChI is InChI=1S/C16H18IN3O2/c1-3-22-10-13-8-20(11(2)19-16(13)18)9-15(21)12-4-6-14(17)7-5-12/h4-8,18H,3,9-10H2,1-2H3. The third kappa shape index (κ3) is 4.23. The van der Waals surface area contributed by atoms with Crippen molar-refractivity contribution in [1.29, 1.82) is 5.41 Å². The van der Waals surface area contributed by atoms with E-state index in [9.17, 15) is 4.79 Å². The monoisotopic (exact) mass is 411 g/mol. The van der Waals surface area contributed by atoms with Crippen LogP contribution in [-0.2, 0) is 17.9 Å². The maximum atomic E-state index is 12.4. The van der Waals surface area contributed by atoms with Crippen LogP contribution in [0.5, 0.6) is 0 Å². The predicted octanol–water partition coefficient (Wildman–Crippen LogP) is 2.69. The zero-order valence-electron chi connectivity index (χ0n) is 12.6. The normalized spacial score (nSPS) is 10.7. The lowest BCUT2D eigenvalue weighted by Gasteiger charge is -2.12. The first-order valence-corrected chi connectivity index (χ1v) is 8.07. The summed E-state index contributed by atoms with van der Waals surface area (Å²) in [6, 6.07) is 7.48. The van der Waals surface area contributed by atoms with E-state index in [0.29, 0.717) is 30.2 Å². The number of rotatable bonds is 6. The second-order valence-electron chi connectivity index (χ2n) is 4.86. The molecule has 0 amide bonds. The summed E-state index contributed by atoms with van der Waals surface area (Å²) in [6.45, 7) is 4.82. The van der Waals surface area contributed by atoms with Crippen molar-refractivity contribution in [3.63, 3.8) is 0 Å². The molecule has 1 aromatic heterocycles. The van der Waals surface area contributed by atoms with Gasteiger partial charge in [-0.05, 0) is 48.6 Å². The number of nitrogens with zero attached hydrogens (tertiary/aromatic N) is 2. The van der Waals surface area contributed by atoms with Crippen molar-refractivity contribution in [2.45, 2.75) is 27.0 Å². The van der Waals surface area contributed by atoms with Crippen LogP contribution in [0.2, 0.25) is 0 Å². The van der Waals surface area contributed by atoms with Crippen molar-refractivity contribution in [2.24, 2.45) is 0 Å². The van der Waals surface area contributed by atoms with E-state index in [4.69, 9.17) is 10.1 Å². The van der Waals surface area contributed by atoms with Crippen molar-refractivity contribution < 1.29 is 9.53 Å². The molecule has 0 spiro atoms. The number of benzene rings is 1. The fraction of sp³-hybridized carbons (Fsp3) is 0.312. The molecule has 0 saturated heterocycles. The average molecular weight is 411 g/mol. The molecule has 5 nitrogen and oxygen atoms in total. The highest BCUT2D eigenvalue weighted by Gasteiger charge is 2.10. The van der Waals surface area contributed by atoms with Gasteiger partial charge in [0.15, 0.2) is 11.3 Å². The van der Waals surface area contributed by atoms with Crippen LogP contribution in [0.1, 0.15) is 28.7 Å². The van der Waals surface area contributed by atoms with Crippen molar-refractivity contribution in [3.05, 3.63) is 56.5 Å². The van der Waals surface area contributed by atoms with Crippen molar-refractivity contribution in [2.75, 3.05) is 6.61 Å². The summed E-state index contributed by atoms with van der Waals surface area (Å²) in [5.41, 5.74) is 1.56. The van der Waals surface area contributed by atoms with Crippen LogP contribution in [0.25, 0.3) is 0 Å². The SMILES string of the molecule is CCOCc1cn(CC(=O)c2ccc(I)cc2)c(C)nc1=N. The minimum Gasteiger partial charge on any atom is -0.377 e. The molecular formula is C16H18IN3O2.